The van der Waals surface area contributed by atoms with Crippen molar-refractivity contribution < 1.29 is 9.47 Å². The second-order valence-electron chi connectivity index (χ2n) is 5.04. The molecule has 20 heavy (non-hydrogen) atoms. The second-order valence-corrected chi connectivity index (χ2v) is 5.04. The van der Waals surface area contributed by atoms with Gasteiger partial charge in [-0.2, -0.15) is 0 Å². The number of hydrogen-bond donors (Lipinski definition) is 0. The summed E-state index contributed by atoms with van der Waals surface area (Å²) >= 11 is 0. The third kappa shape index (κ3) is 2.29. The van der Waals surface area contributed by atoms with E-state index < -0.39 is 0 Å². The molecule has 2 heteroatoms. The molecular weight excluding hydrogens is 248 g/mol. The quantitative estimate of drug-likeness (QED) is 0.823. The Morgan fingerprint density at radius 2 is 1.75 bits per heavy atom. The van der Waals surface area contributed by atoms with E-state index in [4.69, 9.17) is 9.47 Å². The van der Waals surface area contributed by atoms with Crippen LogP contribution in [0.15, 0.2) is 78.6 Å². The molecule has 0 radical (unpaired) electrons. The molecule has 0 N–H and O–H groups in total. The lowest BCUT2D eigenvalue weighted by Gasteiger charge is -2.24. The van der Waals surface area contributed by atoms with Crippen molar-refractivity contribution in [3.8, 4) is 5.75 Å². The molecule has 2 aliphatic rings. The fourth-order valence-corrected chi connectivity index (χ4v) is 2.75. The molecule has 2 aliphatic carbocycles. The Morgan fingerprint density at radius 3 is 2.40 bits per heavy atom. The zero-order chi connectivity index (χ0) is 13.9. The van der Waals surface area contributed by atoms with Crippen LogP contribution in [0.25, 0.3) is 0 Å². The van der Waals surface area contributed by atoms with Gasteiger partial charge >= 0.3 is 0 Å². The first-order valence-electron chi connectivity index (χ1n) is 6.81. The van der Waals surface area contributed by atoms with Crippen LogP contribution in [0.5, 0.6) is 5.75 Å². The number of methoxy groups -OCH3 is 1. The summed E-state index contributed by atoms with van der Waals surface area (Å²) in [6.07, 6.45) is 10.6. The van der Waals surface area contributed by atoms with E-state index in [-0.39, 0.29) is 12.0 Å². The van der Waals surface area contributed by atoms with Crippen molar-refractivity contribution in [2.45, 2.75) is 6.10 Å². The van der Waals surface area contributed by atoms with Gasteiger partial charge in [0.05, 0.1) is 7.11 Å². The van der Waals surface area contributed by atoms with Crippen molar-refractivity contribution in [1.82, 2.24) is 0 Å². The van der Waals surface area contributed by atoms with E-state index in [0.717, 1.165) is 17.1 Å². The molecule has 102 valence electrons. The van der Waals surface area contributed by atoms with Gasteiger partial charge in [0.15, 0.2) is 0 Å². The van der Waals surface area contributed by atoms with E-state index in [1.54, 1.807) is 7.11 Å². The van der Waals surface area contributed by atoms with Gasteiger partial charge < -0.3 is 9.47 Å². The average Bonchev–Trinajstić information content (AvgIpc) is 3.10. The van der Waals surface area contributed by atoms with Gasteiger partial charge in [-0.05, 0) is 18.2 Å². The molecule has 2 nitrogen and oxygen atoms in total. The third-order valence-electron chi connectivity index (χ3n) is 3.80. The fourth-order valence-electron chi connectivity index (χ4n) is 2.75. The summed E-state index contributed by atoms with van der Waals surface area (Å²) in [4.78, 5) is 0. The first-order valence-corrected chi connectivity index (χ1v) is 6.81. The van der Waals surface area contributed by atoms with Crippen molar-refractivity contribution in [3.63, 3.8) is 0 Å². The Morgan fingerprint density at radius 1 is 1.05 bits per heavy atom. The first kappa shape index (κ1) is 12.8. The van der Waals surface area contributed by atoms with Crippen LogP contribution in [0.3, 0.4) is 0 Å². The van der Waals surface area contributed by atoms with Crippen LogP contribution in [-0.2, 0) is 4.74 Å². The molecule has 0 aromatic heterocycles. The van der Waals surface area contributed by atoms with Crippen molar-refractivity contribution in [2.75, 3.05) is 7.11 Å². The van der Waals surface area contributed by atoms with Gasteiger partial charge in [0.25, 0.3) is 0 Å². The van der Waals surface area contributed by atoms with Crippen LogP contribution in [0.2, 0.25) is 0 Å². The molecule has 0 saturated carbocycles. The summed E-state index contributed by atoms with van der Waals surface area (Å²) in [5, 5.41) is 0. The maximum absolute atomic E-state index is 6.15. The number of benzene rings is 1. The van der Waals surface area contributed by atoms with Crippen LogP contribution in [0.1, 0.15) is 0 Å². The number of para-hydroxylation sites is 1. The Balaban J connectivity index is 1.85. The van der Waals surface area contributed by atoms with Crippen LogP contribution >= 0.6 is 0 Å². The molecule has 1 aromatic rings. The molecule has 0 saturated heterocycles. The molecular formula is C18H18O2. The van der Waals surface area contributed by atoms with Gasteiger partial charge in [-0.25, -0.2) is 0 Å². The molecule has 0 heterocycles. The predicted molar refractivity (Wildman–Crippen MR) is 80.4 cm³/mol. The lowest BCUT2D eigenvalue weighted by Crippen LogP contribution is -2.27. The average molecular weight is 266 g/mol. The molecule has 0 aliphatic heterocycles. The van der Waals surface area contributed by atoms with Gasteiger partial charge in [-0.1, -0.05) is 49.1 Å². The van der Waals surface area contributed by atoms with Gasteiger partial charge in [-0.3, -0.25) is 0 Å². The summed E-state index contributed by atoms with van der Waals surface area (Å²) in [7, 11) is 1.68. The van der Waals surface area contributed by atoms with Crippen molar-refractivity contribution >= 4 is 0 Å². The van der Waals surface area contributed by atoms with E-state index in [1.165, 1.54) is 0 Å². The molecule has 0 spiro atoms. The number of allylic oxidation sites excluding steroid dienone is 4. The number of rotatable bonds is 4. The molecule has 0 amide bonds. The van der Waals surface area contributed by atoms with Crippen molar-refractivity contribution in [1.29, 1.82) is 0 Å². The lowest BCUT2D eigenvalue weighted by atomic mass is 9.90. The van der Waals surface area contributed by atoms with E-state index in [9.17, 15) is 0 Å². The van der Waals surface area contributed by atoms with E-state index in [0.29, 0.717) is 5.92 Å². The maximum Gasteiger partial charge on any atom is 0.134 e. The smallest absolute Gasteiger partial charge is 0.134 e. The Labute approximate surface area is 119 Å². The topological polar surface area (TPSA) is 18.5 Å². The Bertz CT molecular complexity index is 569. The normalized spacial score (nSPS) is 25.1. The largest absolute Gasteiger partial charge is 0.497 e. The molecule has 0 unspecified atom stereocenters. The third-order valence-corrected chi connectivity index (χ3v) is 3.80. The Kier molecular flexibility index (Phi) is 3.46. The predicted octanol–water partition coefficient (Wildman–Crippen LogP) is 3.89. The SMILES string of the molecule is C=C1C(OC)=C[C@H](C2C=CC=C2)[C@H]1Oc1ccccc1. The second kappa shape index (κ2) is 5.41. The zero-order valence-electron chi connectivity index (χ0n) is 11.5. The minimum atomic E-state index is -0.0789. The summed E-state index contributed by atoms with van der Waals surface area (Å²) in [5.41, 5.74) is 0.912. The fraction of sp³-hybridized carbons (Fsp3) is 0.222. The number of ether oxygens (including phenoxy) is 2. The van der Waals surface area contributed by atoms with Gasteiger partial charge in [0.1, 0.15) is 17.6 Å². The van der Waals surface area contributed by atoms with Gasteiger partial charge in [0, 0.05) is 17.4 Å². The summed E-state index contributed by atoms with van der Waals surface area (Å²) < 4.78 is 11.6. The highest BCUT2D eigenvalue weighted by atomic mass is 16.5. The molecule has 0 bridgehead atoms. The minimum Gasteiger partial charge on any atom is -0.497 e. The summed E-state index contributed by atoms with van der Waals surface area (Å²) in [6, 6.07) is 9.87. The molecule has 2 atom stereocenters. The number of hydrogen-bond acceptors (Lipinski definition) is 2. The lowest BCUT2D eigenvalue weighted by molar-refractivity contribution is 0.185. The standard InChI is InChI=1S/C18H18O2/c1-13-17(19-2)12-16(14-8-6-7-9-14)18(13)20-15-10-4-3-5-11-15/h3-12,14,16,18H,1H2,2H3/t16-,18+/m1/s1. The molecule has 1 aromatic carbocycles. The van der Waals surface area contributed by atoms with Gasteiger partial charge in [0.2, 0.25) is 0 Å². The minimum absolute atomic E-state index is 0.0789. The van der Waals surface area contributed by atoms with Crippen molar-refractivity contribution in [2.24, 2.45) is 11.8 Å². The summed E-state index contributed by atoms with van der Waals surface area (Å²) in [6.45, 7) is 4.14. The van der Waals surface area contributed by atoms with Crippen LogP contribution in [-0.4, -0.2) is 13.2 Å². The molecule has 0 fully saturated rings. The zero-order valence-corrected chi connectivity index (χ0v) is 11.5. The van der Waals surface area contributed by atoms with Crippen LogP contribution < -0.4 is 4.74 Å². The highest BCUT2D eigenvalue weighted by Crippen LogP contribution is 2.39. The van der Waals surface area contributed by atoms with E-state index in [2.05, 4.69) is 37.0 Å². The Hall–Kier alpha value is -2.22. The van der Waals surface area contributed by atoms with Gasteiger partial charge in [-0.15, -0.1) is 0 Å². The highest BCUT2D eigenvalue weighted by molar-refractivity contribution is 5.40. The van der Waals surface area contributed by atoms with E-state index >= 15 is 0 Å². The highest BCUT2D eigenvalue weighted by Gasteiger charge is 2.37. The monoisotopic (exact) mass is 266 g/mol. The van der Waals surface area contributed by atoms with E-state index in [1.807, 2.05) is 30.3 Å². The molecule has 3 rings (SSSR count). The van der Waals surface area contributed by atoms with Crippen LogP contribution in [0, 0.1) is 11.8 Å². The van der Waals surface area contributed by atoms with Crippen LogP contribution in [0.4, 0.5) is 0 Å². The summed E-state index contributed by atoms with van der Waals surface area (Å²) in [5.74, 6) is 2.27. The first-order chi connectivity index (χ1) is 9.79. The maximum atomic E-state index is 6.15. The van der Waals surface area contributed by atoms with Crippen molar-refractivity contribution in [3.05, 3.63) is 78.6 Å².